The summed E-state index contributed by atoms with van der Waals surface area (Å²) >= 11 is 2.02. The highest BCUT2D eigenvalue weighted by Crippen LogP contribution is 2.26. The molecule has 0 atom stereocenters. The number of carbonyl (C=O) groups excluding carboxylic acids is 1. The van der Waals surface area contributed by atoms with Crippen LogP contribution in [-0.4, -0.2) is 16.1 Å². The number of nitrogens with zero attached hydrogens (tertiary/aromatic N) is 2. The molecule has 0 unspecified atom stereocenters. The van der Waals surface area contributed by atoms with E-state index in [1.54, 1.807) is 12.1 Å². The highest BCUT2D eigenvalue weighted by Gasteiger charge is 2.13. The average molecular weight is 438 g/mol. The summed E-state index contributed by atoms with van der Waals surface area (Å²) in [5.74, 6) is 0. The van der Waals surface area contributed by atoms with Crippen LogP contribution in [0.5, 0.6) is 0 Å². The molecule has 2 rings (SSSR count). The number of nitro benzene ring substituents is 2. The molecule has 24 heavy (non-hydrogen) atoms. The number of non-ortho nitro benzene ring substituents is 2. The largest absolute Gasteiger partial charge is 0.299 e. The van der Waals surface area contributed by atoms with Crippen molar-refractivity contribution in [3.8, 4) is 0 Å². The zero-order valence-electron chi connectivity index (χ0n) is 12.2. The van der Waals surface area contributed by atoms with Crippen LogP contribution in [0.4, 0.5) is 11.4 Å². The Bertz CT molecular complexity index is 848. The Morgan fingerprint density at radius 1 is 0.958 bits per heavy atom. The third-order valence-electron chi connectivity index (χ3n) is 3.32. The van der Waals surface area contributed by atoms with Gasteiger partial charge >= 0.3 is 0 Å². The molecule has 0 radical (unpaired) electrons. The fourth-order valence-electron chi connectivity index (χ4n) is 2.15. The Hall–Kier alpha value is -2.62. The molecule has 7 nitrogen and oxygen atoms in total. The monoisotopic (exact) mass is 438 g/mol. The van der Waals surface area contributed by atoms with Gasteiger partial charge in [0.05, 0.1) is 9.85 Å². The van der Waals surface area contributed by atoms with Gasteiger partial charge in [-0.25, -0.2) is 0 Å². The van der Waals surface area contributed by atoms with Gasteiger partial charge in [0, 0.05) is 27.8 Å². The minimum Gasteiger partial charge on any atom is -0.299 e. The second kappa shape index (κ2) is 7.77. The number of hydrogen-bond donors (Lipinski definition) is 0. The number of aldehydes is 1. The number of nitro groups is 2. The molecular formula is C16H11IN2O5. The first-order valence-corrected chi connectivity index (χ1v) is 7.82. The molecule has 0 aliphatic heterocycles. The summed E-state index contributed by atoms with van der Waals surface area (Å²) in [4.78, 5) is 31.3. The minimum atomic E-state index is -0.502. The van der Waals surface area contributed by atoms with Crippen LogP contribution in [0.1, 0.15) is 16.7 Å². The maximum absolute atomic E-state index is 10.9. The van der Waals surface area contributed by atoms with E-state index >= 15 is 0 Å². The van der Waals surface area contributed by atoms with E-state index in [9.17, 15) is 25.0 Å². The molecule has 8 heteroatoms. The van der Waals surface area contributed by atoms with E-state index in [2.05, 4.69) is 0 Å². The van der Waals surface area contributed by atoms with E-state index in [-0.39, 0.29) is 11.4 Å². The normalized spacial score (nSPS) is 10.7. The van der Waals surface area contributed by atoms with Gasteiger partial charge < -0.3 is 0 Å². The van der Waals surface area contributed by atoms with E-state index < -0.39 is 9.85 Å². The van der Waals surface area contributed by atoms with Gasteiger partial charge in [-0.15, -0.1) is 0 Å². The fourth-order valence-corrected chi connectivity index (χ4v) is 2.84. The van der Waals surface area contributed by atoms with Gasteiger partial charge in [-0.1, -0.05) is 18.2 Å². The standard InChI is InChI=1S/C16H11IN2O5/c17-16-10-15(19(23)24)6-4-13(16)8-12-3-5-14(18(21)22)9-11(12)2-1-7-20/h1-7,9-10H,8H2/b2-1+. The SMILES string of the molecule is O=C/C=C/c1cc([N+](=O)[O-])ccc1Cc1ccc([N+](=O)[O-])cc1I. The number of halogens is 1. The van der Waals surface area contributed by atoms with E-state index in [0.717, 1.165) is 14.7 Å². The maximum atomic E-state index is 10.9. The molecular weight excluding hydrogens is 427 g/mol. The molecule has 0 saturated heterocycles. The summed E-state index contributed by atoms with van der Waals surface area (Å²) < 4.78 is 0.727. The smallest absolute Gasteiger partial charge is 0.270 e. The van der Waals surface area contributed by atoms with Gasteiger partial charge in [0.1, 0.15) is 6.29 Å². The predicted molar refractivity (Wildman–Crippen MR) is 96.8 cm³/mol. The molecule has 122 valence electrons. The number of allylic oxidation sites excluding steroid dienone is 1. The number of rotatable bonds is 6. The summed E-state index contributed by atoms with van der Waals surface area (Å²) in [5.41, 5.74) is 2.14. The molecule has 0 aromatic heterocycles. The van der Waals surface area contributed by atoms with Gasteiger partial charge in [-0.05, 0) is 51.8 Å². The number of hydrogen-bond acceptors (Lipinski definition) is 5. The Morgan fingerprint density at radius 3 is 2.08 bits per heavy atom. The lowest BCUT2D eigenvalue weighted by atomic mass is 9.98. The van der Waals surface area contributed by atoms with Crippen molar-refractivity contribution in [2.24, 2.45) is 0 Å². The Labute approximate surface area is 150 Å². The lowest BCUT2D eigenvalue weighted by molar-refractivity contribution is -0.385. The van der Waals surface area contributed by atoms with E-state index in [1.807, 2.05) is 22.6 Å². The Morgan fingerprint density at radius 2 is 1.54 bits per heavy atom. The maximum Gasteiger partial charge on any atom is 0.270 e. The molecule has 0 heterocycles. The summed E-state index contributed by atoms with van der Waals surface area (Å²) in [7, 11) is 0. The van der Waals surface area contributed by atoms with Crippen LogP contribution in [0.2, 0.25) is 0 Å². The van der Waals surface area contributed by atoms with Crippen molar-refractivity contribution in [1.82, 2.24) is 0 Å². The predicted octanol–water partition coefficient (Wildman–Crippen LogP) is 3.91. The first-order valence-electron chi connectivity index (χ1n) is 6.74. The second-order valence-electron chi connectivity index (χ2n) is 4.85. The number of benzene rings is 2. The van der Waals surface area contributed by atoms with Crippen LogP contribution in [0.3, 0.4) is 0 Å². The molecule has 0 aliphatic rings. The molecule has 0 saturated carbocycles. The Balaban J connectivity index is 2.41. The van der Waals surface area contributed by atoms with Gasteiger partial charge in [0.15, 0.2) is 0 Å². The van der Waals surface area contributed by atoms with Crippen molar-refractivity contribution in [1.29, 1.82) is 0 Å². The van der Waals surface area contributed by atoms with Gasteiger partial charge in [0.25, 0.3) is 11.4 Å². The van der Waals surface area contributed by atoms with E-state index in [4.69, 9.17) is 0 Å². The fraction of sp³-hybridized carbons (Fsp3) is 0.0625. The summed E-state index contributed by atoms with van der Waals surface area (Å²) in [6.07, 6.45) is 3.81. The third kappa shape index (κ3) is 4.22. The quantitative estimate of drug-likeness (QED) is 0.224. The molecule has 0 amide bonds. The van der Waals surface area contributed by atoms with Crippen molar-refractivity contribution in [2.75, 3.05) is 0 Å². The van der Waals surface area contributed by atoms with Crippen LogP contribution < -0.4 is 0 Å². The molecule has 2 aromatic carbocycles. The van der Waals surface area contributed by atoms with Crippen LogP contribution in [0.15, 0.2) is 42.5 Å². The zero-order valence-corrected chi connectivity index (χ0v) is 14.4. The third-order valence-corrected chi connectivity index (χ3v) is 4.33. The lowest BCUT2D eigenvalue weighted by Crippen LogP contribution is -1.98. The van der Waals surface area contributed by atoms with Crippen LogP contribution >= 0.6 is 22.6 Å². The van der Waals surface area contributed by atoms with E-state index in [0.29, 0.717) is 18.3 Å². The van der Waals surface area contributed by atoms with Crippen LogP contribution in [0, 0.1) is 23.8 Å². The van der Waals surface area contributed by atoms with Gasteiger partial charge in [-0.3, -0.25) is 25.0 Å². The molecule has 0 spiro atoms. The van der Waals surface area contributed by atoms with E-state index in [1.165, 1.54) is 36.4 Å². The Kier molecular flexibility index (Phi) is 5.74. The summed E-state index contributed by atoms with van der Waals surface area (Å²) in [6, 6.07) is 8.97. The average Bonchev–Trinajstić information content (AvgIpc) is 2.55. The molecule has 2 aromatic rings. The second-order valence-corrected chi connectivity index (χ2v) is 6.01. The number of carbonyl (C=O) groups is 1. The molecule has 0 aliphatic carbocycles. The van der Waals surface area contributed by atoms with Crippen molar-refractivity contribution >= 4 is 46.3 Å². The highest BCUT2D eigenvalue weighted by molar-refractivity contribution is 14.1. The topological polar surface area (TPSA) is 103 Å². The van der Waals surface area contributed by atoms with Crippen LogP contribution in [0.25, 0.3) is 6.08 Å². The first-order chi connectivity index (χ1) is 11.4. The molecule has 0 fully saturated rings. The minimum absolute atomic E-state index is 0.00734. The summed E-state index contributed by atoms with van der Waals surface area (Å²) in [5, 5.41) is 21.7. The van der Waals surface area contributed by atoms with Crippen molar-refractivity contribution in [2.45, 2.75) is 6.42 Å². The zero-order chi connectivity index (χ0) is 17.7. The van der Waals surface area contributed by atoms with Gasteiger partial charge in [0.2, 0.25) is 0 Å². The highest BCUT2D eigenvalue weighted by atomic mass is 127. The van der Waals surface area contributed by atoms with Gasteiger partial charge in [-0.2, -0.15) is 0 Å². The summed E-state index contributed by atoms with van der Waals surface area (Å²) in [6.45, 7) is 0. The van der Waals surface area contributed by atoms with Crippen molar-refractivity contribution < 1.29 is 14.6 Å². The molecule has 0 bridgehead atoms. The first kappa shape index (κ1) is 17.7. The van der Waals surface area contributed by atoms with Crippen LogP contribution in [-0.2, 0) is 11.2 Å². The molecule has 0 N–H and O–H groups in total. The lowest BCUT2D eigenvalue weighted by Gasteiger charge is -2.08. The van der Waals surface area contributed by atoms with Crippen molar-refractivity contribution in [3.63, 3.8) is 0 Å². The van der Waals surface area contributed by atoms with Crippen molar-refractivity contribution in [3.05, 3.63) is 83.0 Å².